The first-order chi connectivity index (χ1) is 6.05. The molecule has 0 aromatic rings. The Kier molecular flexibility index (Phi) is 3.36. The van der Waals surface area contributed by atoms with Crippen LogP contribution in [0.4, 0.5) is 13.2 Å². The largest absolute Gasteiger partial charge is 0.396 e. The van der Waals surface area contributed by atoms with Gasteiger partial charge in [0.2, 0.25) is 0 Å². The standard InChI is InChI=1S/C9H14F3N/c10-9(11,12)8(6-13)7-4-2-1-3-5-7/h4,8H,1-3,5-6,13H2. The van der Waals surface area contributed by atoms with Crippen molar-refractivity contribution in [2.24, 2.45) is 11.7 Å². The summed E-state index contributed by atoms with van der Waals surface area (Å²) in [5.41, 5.74) is 5.62. The van der Waals surface area contributed by atoms with E-state index in [9.17, 15) is 13.2 Å². The molecule has 1 unspecified atom stereocenters. The molecule has 76 valence electrons. The Balaban J connectivity index is 2.70. The molecule has 1 rings (SSSR count). The van der Waals surface area contributed by atoms with Gasteiger partial charge in [0.25, 0.3) is 0 Å². The highest BCUT2D eigenvalue weighted by atomic mass is 19.4. The summed E-state index contributed by atoms with van der Waals surface area (Å²) in [6.07, 6.45) is 0.715. The van der Waals surface area contributed by atoms with E-state index < -0.39 is 12.1 Å². The third-order valence-corrected chi connectivity index (χ3v) is 2.40. The summed E-state index contributed by atoms with van der Waals surface area (Å²) in [5, 5.41) is 0. The van der Waals surface area contributed by atoms with E-state index in [1.807, 2.05) is 0 Å². The average molecular weight is 193 g/mol. The van der Waals surface area contributed by atoms with E-state index in [0.717, 1.165) is 19.3 Å². The van der Waals surface area contributed by atoms with Crippen molar-refractivity contribution in [3.63, 3.8) is 0 Å². The number of rotatable bonds is 2. The summed E-state index contributed by atoms with van der Waals surface area (Å²) in [6, 6.07) is 0. The first-order valence-corrected chi connectivity index (χ1v) is 4.51. The van der Waals surface area contributed by atoms with Gasteiger partial charge in [0, 0.05) is 6.54 Å². The Morgan fingerprint density at radius 3 is 2.46 bits per heavy atom. The van der Waals surface area contributed by atoms with Gasteiger partial charge in [-0.2, -0.15) is 13.2 Å². The van der Waals surface area contributed by atoms with Gasteiger partial charge in [-0.15, -0.1) is 0 Å². The van der Waals surface area contributed by atoms with Gasteiger partial charge in [-0.25, -0.2) is 0 Å². The van der Waals surface area contributed by atoms with Crippen molar-refractivity contribution in [1.82, 2.24) is 0 Å². The minimum Gasteiger partial charge on any atom is -0.330 e. The smallest absolute Gasteiger partial charge is 0.330 e. The average Bonchev–Trinajstić information content (AvgIpc) is 2.05. The molecule has 0 spiro atoms. The number of allylic oxidation sites excluding steroid dienone is 1. The van der Waals surface area contributed by atoms with E-state index in [1.54, 1.807) is 6.08 Å². The molecule has 1 aliphatic carbocycles. The topological polar surface area (TPSA) is 26.0 Å². The summed E-state index contributed by atoms with van der Waals surface area (Å²) in [6.45, 7) is -0.324. The summed E-state index contributed by atoms with van der Waals surface area (Å²) in [5.74, 6) is -1.41. The number of hydrogen-bond donors (Lipinski definition) is 1. The molecule has 2 N–H and O–H groups in total. The molecule has 0 saturated carbocycles. The molecule has 0 aromatic heterocycles. The quantitative estimate of drug-likeness (QED) is 0.670. The van der Waals surface area contributed by atoms with Crippen LogP contribution in [-0.4, -0.2) is 12.7 Å². The molecule has 0 aliphatic heterocycles. The molecule has 4 heteroatoms. The fraction of sp³-hybridized carbons (Fsp3) is 0.778. The molecule has 0 radical (unpaired) electrons. The van der Waals surface area contributed by atoms with Crippen LogP contribution < -0.4 is 5.73 Å². The van der Waals surface area contributed by atoms with E-state index in [0.29, 0.717) is 12.0 Å². The predicted octanol–water partition coefficient (Wildman–Crippen LogP) is 2.62. The maximum Gasteiger partial charge on any atom is 0.396 e. The Bertz CT molecular complexity index is 196. The fourth-order valence-electron chi connectivity index (χ4n) is 1.67. The highest BCUT2D eigenvalue weighted by molar-refractivity contribution is 5.12. The van der Waals surface area contributed by atoms with Crippen molar-refractivity contribution in [2.75, 3.05) is 6.54 Å². The molecule has 0 heterocycles. The zero-order chi connectivity index (χ0) is 9.90. The zero-order valence-electron chi connectivity index (χ0n) is 7.40. The maximum atomic E-state index is 12.4. The van der Waals surface area contributed by atoms with Crippen molar-refractivity contribution < 1.29 is 13.2 Å². The van der Waals surface area contributed by atoms with Crippen molar-refractivity contribution in [3.05, 3.63) is 11.6 Å². The number of alkyl halides is 3. The number of hydrogen-bond acceptors (Lipinski definition) is 1. The Morgan fingerprint density at radius 2 is 2.08 bits per heavy atom. The molecule has 0 aromatic carbocycles. The second kappa shape index (κ2) is 4.13. The lowest BCUT2D eigenvalue weighted by atomic mass is 9.89. The van der Waals surface area contributed by atoms with Crippen molar-refractivity contribution in [1.29, 1.82) is 0 Å². The van der Waals surface area contributed by atoms with E-state index in [4.69, 9.17) is 5.73 Å². The molecular weight excluding hydrogens is 179 g/mol. The molecule has 0 saturated heterocycles. The summed E-state index contributed by atoms with van der Waals surface area (Å²) in [4.78, 5) is 0. The second-order valence-electron chi connectivity index (χ2n) is 3.35. The summed E-state index contributed by atoms with van der Waals surface area (Å²) < 4.78 is 37.2. The van der Waals surface area contributed by atoms with Crippen LogP contribution in [0.2, 0.25) is 0 Å². The van der Waals surface area contributed by atoms with Gasteiger partial charge >= 0.3 is 6.18 Å². The van der Waals surface area contributed by atoms with Crippen molar-refractivity contribution >= 4 is 0 Å². The van der Waals surface area contributed by atoms with Gasteiger partial charge in [0.05, 0.1) is 5.92 Å². The SMILES string of the molecule is NCC(C1=CCCCC1)C(F)(F)F. The van der Waals surface area contributed by atoms with E-state index in [2.05, 4.69) is 0 Å². The number of halogens is 3. The summed E-state index contributed by atoms with van der Waals surface area (Å²) >= 11 is 0. The van der Waals surface area contributed by atoms with Crippen LogP contribution in [0.5, 0.6) is 0 Å². The van der Waals surface area contributed by atoms with Gasteiger partial charge < -0.3 is 5.73 Å². The van der Waals surface area contributed by atoms with E-state index in [-0.39, 0.29) is 6.54 Å². The second-order valence-corrected chi connectivity index (χ2v) is 3.35. The summed E-state index contributed by atoms with van der Waals surface area (Å²) in [7, 11) is 0. The molecule has 0 bridgehead atoms. The lowest BCUT2D eigenvalue weighted by Crippen LogP contribution is -2.32. The third kappa shape index (κ3) is 2.72. The van der Waals surface area contributed by atoms with Crippen molar-refractivity contribution in [3.8, 4) is 0 Å². The minimum absolute atomic E-state index is 0.324. The maximum absolute atomic E-state index is 12.4. The van der Waals surface area contributed by atoms with Crippen molar-refractivity contribution in [2.45, 2.75) is 31.9 Å². The van der Waals surface area contributed by atoms with Crippen LogP contribution in [0.15, 0.2) is 11.6 Å². The fourth-order valence-corrected chi connectivity index (χ4v) is 1.67. The van der Waals surface area contributed by atoms with Gasteiger partial charge in [-0.3, -0.25) is 0 Å². The molecule has 1 nitrogen and oxygen atoms in total. The minimum atomic E-state index is -4.17. The number of nitrogens with two attached hydrogens (primary N) is 1. The molecule has 13 heavy (non-hydrogen) atoms. The lowest BCUT2D eigenvalue weighted by molar-refractivity contribution is -0.162. The van der Waals surface area contributed by atoms with Crippen LogP contribution >= 0.6 is 0 Å². The Labute approximate surface area is 75.8 Å². The lowest BCUT2D eigenvalue weighted by Gasteiger charge is -2.24. The highest BCUT2D eigenvalue weighted by Crippen LogP contribution is 2.35. The molecule has 1 aliphatic rings. The molecule has 0 amide bonds. The molecular formula is C9H14F3N. The van der Waals surface area contributed by atoms with Gasteiger partial charge in [-0.05, 0) is 25.7 Å². The van der Waals surface area contributed by atoms with Crippen LogP contribution in [0.3, 0.4) is 0 Å². The van der Waals surface area contributed by atoms with Crippen LogP contribution in [-0.2, 0) is 0 Å². The van der Waals surface area contributed by atoms with E-state index in [1.165, 1.54) is 0 Å². The Hall–Kier alpha value is -0.510. The van der Waals surface area contributed by atoms with Gasteiger partial charge in [0.1, 0.15) is 0 Å². The van der Waals surface area contributed by atoms with Crippen LogP contribution in [0, 0.1) is 5.92 Å². The van der Waals surface area contributed by atoms with Crippen LogP contribution in [0.1, 0.15) is 25.7 Å². The first-order valence-electron chi connectivity index (χ1n) is 4.51. The predicted molar refractivity (Wildman–Crippen MR) is 45.2 cm³/mol. The van der Waals surface area contributed by atoms with Gasteiger partial charge in [-0.1, -0.05) is 11.6 Å². The van der Waals surface area contributed by atoms with Gasteiger partial charge in [0.15, 0.2) is 0 Å². The highest BCUT2D eigenvalue weighted by Gasteiger charge is 2.40. The van der Waals surface area contributed by atoms with E-state index >= 15 is 0 Å². The van der Waals surface area contributed by atoms with Crippen LogP contribution in [0.25, 0.3) is 0 Å². The first kappa shape index (κ1) is 10.6. The third-order valence-electron chi connectivity index (χ3n) is 2.40. The molecule has 1 atom stereocenters. The Morgan fingerprint density at radius 1 is 1.38 bits per heavy atom. The normalized spacial score (nSPS) is 21.1. The monoisotopic (exact) mass is 193 g/mol. The zero-order valence-corrected chi connectivity index (χ0v) is 7.40. The molecule has 0 fully saturated rings.